The number of Topliss-reactive ketones (excluding diaryl/α,β-unsaturated/α-hetero) is 1. The lowest BCUT2D eigenvalue weighted by molar-refractivity contribution is 0.101. The average molecular weight is 262 g/mol. The maximum Gasteiger partial charge on any atom is 0.163 e. The Morgan fingerprint density at radius 3 is 2.79 bits per heavy atom. The summed E-state index contributed by atoms with van der Waals surface area (Å²) < 4.78 is 0. The van der Waals surface area contributed by atoms with E-state index in [1.165, 1.54) is 19.8 Å². The number of benzene rings is 1. The largest absolute Gasteiger partial charge is 0.507 e. The minimum absolute atomic E-state index is 0.0838. The Balaban J connectivity index is 2.21. The lowest BCUT2D eigenvalue weighted by Gasteiger charge is -2.29. The molecule has 1 aromatic rings. The zero-order valence-electron chi connectivity index (χ0n) is 11.9. The number of anilines is 1. The SMILES string of the molecule is CC(=O)c1ccc(N2CCCC2CN(C)C)cc1O. The molecule has 4 heteroatoms. The first-order valence-electron chi connectivity index (χ1n) is 6.74. The molecule has 1 fully saturated rings. The van der Waals surface area contributed by atoms with Crippen molar-refractivity contribution in [1.29, 1.82) is 0 Å². The predicted octanol–water partition coefficient (Wildman–Crippen LogP) is 2.13. The molecule has 1 N–H and O–H groups in total. The monoisotopic (exact) mass is 262 g/mol. The molecule has 1 saturated heterocycles. The number of nitrogens with zero attached hydrogens (tertiary/aromatic N) is 2. The number of phenols is 1. The number of rotatable bonds is 4. The van der Waals surface area contributed by atoms with Gasteiger partial charge in [0.05, 0.1) is 5.56 Å². The van der Waals surface area contributed by atoms with Gasteiger partial charge in [0.25, 0.3) is 0 Å². The molecule has 1 atom stereocenters. The Morgan fingerprint density at radius 2 is 2.21 bits per heavy atom. The molecule has 0 spiro atoms. The second-order valence-corrected chi connectivity index (χ2v) is 5.51. The van der Waals surface area contributed by atoms with E-state index in [1.54, 1.807) is 12.1 Å². The first-order valence-corrected chi connectivity index (χ1v) is 6.74. The standard InChI is InChI=1S/C15H22N2O2/c1-11(18)14-7-6-12(9-15(14)19)17-8-4-5-13(17)10-16(2)3/h6-7,9,13,19H,4-5,8,10H2,1-3H3. The molecule has 0 saturated carbocycles. The molecule has 104 valence electrons. The van der Waals surface area contributed by atoms with Gasteiger partial charge < -0.3 is 14.9 Å². The summed E-state index contributed by atoms with van der Waals surface area (Å²) in [5, 5.41) is 9.93. The zero-order valence-corrected chi connectivity index (χ0v) is 11.9. The van der Waals surface area contributed by atoms with E-state index in [2.05, 4.69) is 23.9 Å². The summed E-state index contributed by atoms with van der Waals surface area (Å²) in [5.41, 5.74) is 1.40. The van der Waals surface area contributed by atoms with Gasteiger partial charge in [0.2, 0.25) is 0 Å². The van der Waals surface area contributed by atoms with Gasteiger partial charge in [-0.2, -0.15) is 0 Å². The Hall–Kier alpha value is -1.55. The van der Waals surface area contributed by atoms with E-state index >= 15 is 0 Å². The number of hydrogen-bond acceptors (Lipinski definition) is 4. The number of carbonyl (C=O) groups is 1. The summed E-state index contributed by atoms with van der Waals surface area (Å²) in [6.07, 6.45) is 2.35. The van der Waals surface area contributed by atoms with Crippen molar-refractivity contribution in [1.82, 2.24) is 4.90 Å². The van der Waals surface area contributed by atoms with Crippen molar-refractivity contribution >= 4 is 11.5 Å². The summed E-state index contributed by atoms with van der Waals surface area (Å²) in [6.45, 7) is 3.49. The average Bonchev–Trinajstić information content (AvgIpc) is 2.75. The Labute approximate surface area is 114 Å². The Kier molecular flexibility index (Phi) is 4.10. The number of likely N-dealkylation sites (N-methyl/N-ethyl adjacent to an activating group) is 1. The summed E-state index contributed by atoms with van der Waals surface area (Å²) >= 11 is 0. The smallest absolute Gasteiger partial charge is 0.163 e. The highest BCUT2D eigenvalue weighted by Gasteiger charge is 2.25. The van der Waals surface area contributed by atoms with E-state index in [9.17, 15) is 9.90 Å². The second kappa shape index (κ2) is 5.61. The number of phenolic OH excluding ortho intramolecular Hbond substituents is 1. The third-order valence-corrected chi connectivity index (χ3v) is 3.65. The van der Waals surface area contributed by atoms with Gasteiger partial charge in [-0.05, 0) is 46.0 Å². The maximum absolute atomic E-state index is 11.3. The number of carbonyl (C=O) groups excluding carboxylic acids is 1. The van der Waals surface area contributed by atoms with Crippen molar-refractivity contribution in [3.63, 3.8) is 0 Å². The lowest BCUT2D eigenvalue weighted by atomic mass is 10.1. The fourth-order valence-electron chi connectivity index (χ4n) is 2.78. The molecule has 0 aliphatic carbocycles. The third-order valence-electron chi connectivity index (χ3n) is 3.65. The van der Waals surface area contributed by atoms with Crippen LogP contribution in [0.2, 0.25) is 0 Å². The van der Waals surface area contributed by atoms with Crippen LogP contribution in [0, 0.1) is 0 Å². The summed E-state index contributed by atoms with van der Waals surface area (Å²) in [5.74, 6) is -0.0178. The molecule has 2 rings (SSSR count). The van der Waals surface area contributed by atoms with Crippen molar-refractivity contribution in [3.05, 3.63) is 23.8 Å². The van der Waals surface area contributed by atoms with Crippen LogP contribution in [0.1, 0.15) is 30.1 Å². The highest BCUT2D eigenvalue weighted by molar-refractivity contribution is 5.97. The van der Waals surface area contributed by atoms with E-state index < -0.39 is 0 Å². The topological polar surface area (TPSA) is 43.8 Å². The van der Waals surface area contributed by atoms with Crippen LogP contribution in [-0.2, 0) is 0 Å². The van der Waals surface area contributed by atoms with Crippen molar-refractivity contribution in [2.45, 2.75) is 25.8 Å². The molecule has 1 heterocycles. The van der Waals surface area contributed by atoms with E-state index in [4.69, 9.17) is 0 Å². The molecular formula is C15H22N2O2. The number of hydrogen-bond donors (Lipinski definition) is 1. The van der Waals surface area contributed by atoms with Crippen LogP contribution in [0.15, 0.2) is 18.2 Å². The van der Waals surface area contributed by atoms with Crippen molar-refractivity contribution in [2.24, 2.45) is 0 Å². The normalized spacial score (nSPS) is 19.2. The van der Waals surface area contributed by atoms with Crippen LogP contribution in [0.5, 0.6) is 5.75 Å². The van der Waals surface area contributed by atoms with Crippen LogP contribution in [0.3, 0.4) is 0 Å². The predicted molar refractivity (Wildman–Crippen MR) is 77.0 cm³/mol. The summed E-state index contributed by atoms with van der Waals surface area (Å²) in [4.78, 5) is 15.8. The molecule has 1 aliphatic heterocycles. The molecule has 19 heavy (non-hydrogen) atoms. The lowest BCUT2D eigenvalue weighted by Crippen LogP contribution is -2.37. The van der Waals surface area contributed by atoms with Gasteiger partial charge in [-0.3, -0.25) is 4.79 Å². The van der Waals surface area contributed by atoms with Gasteiger partial charge in [0.1, 0.15) is 5.75 Å². The first kappa shape index (κ1) is 13.9. The second-order valence-electron chi connectivity index (χ2n) is 5.51. The van der Waals surface area contributed by atoms with Gasteiger partial charge in [-0.1, -0.05) is 0 Å². The molecule has 1 aromatic carbocycles. The van der Waals surface area contributed by atoms with Gasteiger partial charge in [0, 0.05) is 30.9 Å². The minimum Gasteiger partial charge on any atom is -0.507 e. The zero-order chi connectivity index (χ0) is 14.0. The van der Waals surface area contributed by atoms with E-state index in [0.717, 1.165) is 18.8 Å². The third kappa shape index (κ3) is 3.07. The van der Waals surface area contributed by atoms with E-state index in [1.807, 2.05) is 6.07 Å². The van der Waals surface area contributed by atoms with Crippen LogP contribution >= 0.6 is 0 Å². The number of aromatic hydroxyl groups is 1. The Bertz CT molecular complexity index is 471. The molecule has 1 aliphatic rings. The van der Waals surface area contributed by atoms with Gasteiger partial charge in [0.15, 0.2) is 5.78 Å². The molecule has 0 radical (unpaired) electrons. The fraction of sp³-hybridized carbons (Fsp3) is 0.533. The van der Waals surface area contributed by atoms with E-state index in [-0.39, 0.29) is 11.5 Å². The first-order chi connectivity index (χ1) is 8.99. The van der Waals surface area contributed by atoms with Gasteiger partial charge in [-0.25, -0.2) is 0 Å². The van der Waals surface area contributed by atoms with Gasteiger partial charge >= 0.3 is 0 Å². The molecule has 4 nitrogen and oxygen atoms in total. The highest BCUT2D eigenvalue weighted by atomic mass is 16.3. The van der Waals surface area contributed by atoms with E-state index in [0.29, 0.717) is 11.6 Å². The summed E-state index contributed by atoms with van der Waals surface area (Å²) in [7, 11) is 4.15. The van der Waals surface area contributed by atoms with Crippen LogP contribution in [0.4, 0.5) is 5.69 Å². The van der Waals surface area contributed by atoms with Crippen molar-refractivity contribution in [3.8, 4) is 5.75 Å². The maximum atomic E-state index is 11.3. The molecule has 0 aromatic heterocycles. The molecular weight excluding hydrogens is 240 g/mol. The summed E-state index contributed by atoms with van der Waals surface area (Å²) in [6, 6.07) is 5.85. The van der Waals surface area contributed by atoms with Crippen molar-refractivity contribution in [2.75, 3.05) is 32.1 Å². The quantitative estimate of drug-likeness (QED) is 0.844. The van der Waals surface area contributed by atoms with Crippen LogP contribution < -0.4 is 4.90 Å². The Morgan fingerprint density at radius 1 is 1.47 bits per heavy atom. The molecule has 0 bridgehead atoms. The van der Waals surface area contributed by atoms with Crippen LogP contribution in [0.25, 0.3) is 0 Å². The number of ketones is 1. The van der Waals surface area contributed by atoms with Crippen LogP contribution in [-0.4, -0.2) is 49.0 Å². The highest BCUT2D eigenvalue weighted by Crippen LogP contribution is 2.30. The minimum atomic E-state index is -0.102. The van der Waals surface area contributed by atoms with Gasteiger partial charge in [-0.15, -0.1) is 0 Å². The molecule has 1 unspecified atom stereocenters. The fourth-order valence-corrected chi connectivity index (χ4v) is 2.78. The van der Waals surface area contributed by atoms with Crippen molar-refractivity contribution < 1.29 is 9.90 Å². The molecule has 0 amide bonds.